The highest BCUT2D eigenvalue weighted by Gasteiger charge is 2.15. The number of anilines is 3. The smallest absolute Gasteiger partial charge is 0.0547 e. The van der Waals surface area contributed by atoms with Gasteiger partial charge in [0.15, 0.2) is 0 Å². The number of hydrogen-bond acceptors (Lipinski definition) is 1. The van der Waals surface area contributed by atoms with E-state index in [-0.39, 0.29) is 0 Å². The maximum Gasteiger partial charge on any atom is 0.0547 e. The van der Waals surface area contributed by atoms with E-state index >= 15 is 0 Å². The van der Waals surface area contributed by atoms with Crippen molar-refractivity contribution in [2.75, 3.05) is 4.90 Å². The van der Waals surface area contributed by atoms with Gasteiger partial charge in [-0.2, -0.15) is 0 Å². The van der Waals surface area contributed by atoms with Crippen LogP contribution in [0, 0.1) is 0 Å². The summed E-state index contributed by atoms with van der Waals surface area (Å²) in [5, 5.41) is 7.60. The number of fused-ring (bicyclic) bond motifs is 6. The molecule has 2 nitrogen and oxygen atoms in total. The van der Waals surface area contributed by atoms with Crippen LogP contribution >= 0.6 is 0 Å². The van der Waals surface area contributed by atoms with Crippen molar-refractivity contribution < 1.29 is 0 Å². The van der Waals surface area contributed by atoms with Crippen LogP contribution in [0.1, 0.15) is 0 Å². The molecule has 0 N–H and O–H groups in total. The van der Waals surface area contributed by atoms with Crippen LogP contribution in [0.4, 0.5) is 17.1 Å². The first-order valence-corrected chi connectivity index (χ1v) is 15.8. The maximum atomic E-state index is 2.39. The molecule has 0 radical (unpaired) electrons. The Bertz CT molecular complexity index is 2460. The molecule has 1 aromatic heterocycles. The SMILES string of the molecule is c1ccc(N(c2ccccc2)c2ccc(-c3ccc4c(ccc5cc6c(cc54)c4ccccc4n6-c4ccccc4)c3)cc2)cc1. The van der Waals surface area contributed by atoms with E-state index in [2.05, 4.69) is 191 Å². The lowest BCUT2D eigenvalue weighted by molar-refractivity contribution is 1.18. The molecule has 0 aliphatic heterocycles. The molecular weight excluding hydrogens is 556 g/mol. The molecular formula is C44H30N2. The minimum atomic E-state index is 1.13. The lowest BCUT2D eigenvalue weighted by Gasteiger charge is -2.25. The maximum absolute atomic E-state index is 2.39. The Kier molecular flexibility index (Phi) is 6.17. The van der Waals surface area contributed by atoms with E-state index < -0.39 is 0 Å². The normalized spacial score (nSPS) is 11.5. The van der Waals surface area contributed by atoms with Crippen LogP contribution in [-0.4, -0.2) is 4.57 Å². The fraction of sp³-hybridized carbons (Fsp3) is 0. The Labute approximate surface area is 268 Å². The number of aromatic nitrogens is 1. The molecule has 216 valence electrons. The van der Waals surface area contributed by atoms with Crippen molar-refractivity contribution in [1.29, 1.82) is 0 Å². The third kappa shape index (κ3) is 4.35. The molecule has 0 spiro atoms. The molecule has 1 heterocycles. The number of rotatable bonds is 5. The van der Waals surface area contributed by atoms with Crippen molar-refractivity contribution in [2.24, 2.45) is 0 Å². The average Bonchev–Trinajstić information content (AvgIpc) is 3.45. The van der Waals surface area contributed by atoms with Gasteiger partial charge in [0.2, 0.25) is 0 Å². The van der Waals surface area contributed by atoms with Gasteiger partial charge in [0, 0.05) is 33.5 Å². The predicted octanol–water partition coefficient (Wildman–Crippen LogP) is 12.2. The molecule has 0 atom stereocenters. The molecule has 0 saturated heterocycles. The van der Waals surface area contributed by atoms with Gasteiger partial charge >= 0.3 is 0 Å². The van der Waals surface area contributed by atoms with Gasteiger partial charge in [0.1, 0.15) is 0 Å². The fourth-order valence-corrected chi connectivity index (χ4v) is 6.97. The van der Waals surface area contributed by atoms with E-state index in [4.69, 9.17) is 0 Å². The van der Waals surface area contributed by atoms with Crippen LogP contribution in [0.3, 0.4) is 0 Å². The second-order valence-electron chi connectivity index (χ2n) is 11.8. The molecule has 0 bridgehead atoms. The third-order valence-corrected chi connectivity index (χ3v) is 9.13. The lowest BCUT2D eigenvalue weighted by Crippen LogP contribution is -2.09. The fourth-order valence-electron chi connectivity index (χ4n) is 6.97. The topological polar surface area (TPSA) is 8.17 Å². The second kappa shape index (κ2) is 10.8. The molecule has 0 fully saturated rings. The Morgan fingerprint density at radius 3 is 1.59 bits per heavy atom. The molecule has 8 aromatic carbocycles. The van der Waals surface area contributed by atoms with Crippen LogP contribution in [0.2, 0.25) is 0 Å². The number of para-hydroxylation sites is 4. The van der Waals surface area contributed by atoms with Crippen molar-refractivity contribution in [3.63, 3.8) is 0 Å². The first-order valence-electron chi connectivity index (χ1n) is 15.8. The Morgan fingerprint density at radius 2 is 0.891 bits per heavy atom. The highest BCUT2D eigenvalue weighted by atomic mass is 15.1. The van der Waals surface area contributed by atoms with Crippen LogP contribution < -0.4 is 4.90 Å². The monoisotopic (exact) mass is 586 g/mol. The van der Waals surface area contributed by atoms with Crippen LogP contribution in [-0.2, 0) is 0 Å². The zero-order valence-corrected chi connectivity index (χ0v) is 25.2. The Balaban J connectivity index is 1.14. The van der Waals surface area contributed by atoms with Gasteiger partial charge < -0.3 is 9.47 Å². The molecule has 0 saturated carbocycles. The first kappa shape index (κ1) is 26.3. The van der Waals surface area contributed by atoms with Gasteiger partial charge in [-0.3, -0.25) is 0 Å². The molecule has 0 unspecified atom stereocenters. The van der Waals surface area contributed by atoms with Crippen molar-refractivity contribution in [3.8, 4) is 16.8 Å². The minimum Gasteiger partial charge on any atom is -0.311 e. The molecule has 0 aliphatic carbocycles. The summed E-state index contributed by atoms with van der Waals surface area (Å²) in [4.78, 5) is 2.30. The van der Waals surface area contributed by atoms with Crippen molar-refractivity contribution in [1.82, 2.24) is 4.57 Å². The number of benzene rings is 8. The van der Waals surface area contributed by atoms with E-state index in [9.17, 15) is 0 Å². The zero-order chi connectivity index (χ0) is 30.5. The zero-order valence-electron chi connectivity index (χ0n) is 25.2. The summed E-state index contributed by atoms with van der Waals surface area (Å²) in [6.07, 6.45) is 0. The summed E-state index contributed by atoms with van der Waals surface area (Å²) in [6, 6.07) is 65.6. The van der Waals surface area contributed by atoms with Gasteiger partial charge in [-0.25, -0.2) is 0 Å². The highest BCUT2D eigenvalue weighted by Crippen LogP contribution is 2.39. The summed E-state index contributed by atoms with van der Waals surface area (Å²) in [7, 11) is 0. The summed E-state index contributed by atoms with van der Waals surface area (Å²) in [5.74, 6) is 0. The second-order valence-corrected chi connectivity index (χ2v) is 11.8. The average molecular weight is 587 g/mol. The molecule has 46 heavy (non-hydrogen) atoms. The molecule has 0 amide bonds. The van der Waals surface area contributed by atoms with Crippen LogP contribution in [0.15, 0.2) is 182 Å². The third-order valence-electron chi connectivity index (χ3n) is 9.13. The van der Waals surface area contributed by atoms with E-state index in [1.807, 2.05) is 0 Å². The molecule has 2 heteroatoms. The Morgan fingerprint density at radius 1 is 0.326 bits per heavy atom. The van der Waals surface area contributed by atoms with E-state index in [1.54, 1.807) is 0 Å². The standard InChI is InChI=1S/C44H30N2/c1-4-12-35(13-5-1)45(36-14-6-2-7-15-36)38-25-22-31(23-26-38)32-24-27-39-33(28-32)20-21-34-29-44-42(30-41(34)39)40-18-10-11-19-43(40)46(44)37-16-8-3-9-17-37/h1-30H. The molecule has 0 aliphatic rings. The molecule has 9 aromatic rings. The van der Waals surface area contributed by atoms with Crippen LogP contribution in [0.25, 0.3) is 60.2 Å². The molecule has 9 rings (SSSR count). The van der Waals surface area contributed by atoms with Gasteiger partial charge in [-0.1, -0.05) is 109 Å². The largest absolute Gasteiger partial charge is 0.311 e. The highest BCUT2D eigenvalue weighted by molar-refractivity contribution is 6.18. The summed E-state index contributed by atoms with van der Waals surface area (Å²) >= 11 is 0. The first-order chi connectivity index (χ1) is 22.8. The van der Waals surface area contributed by atoms with E-state index in [0.717, 1.165) is 17.1 Å². The summed E-state index contributed by atoms with van der Waals surface area (Å²) < 4.78 is 2.39. The van der Waals surface area contributed by atoms with Gasteiger partial charge in [-0.15, -0.1) is 0 Å². The quantitative estimate of drug-likeness (QED) is 0.182. The summed E-state index contributed by atoms with van der Waals surface area (Å²) in [5.41, 5.74) is 9.47. The van der Waals surface area contributed by atoms with Crippen molar-refractivity contribution in [2.45, 2.75) is 0 Å². The lowest BCUT2D eigenvalue weighted by atomic mass is 9.96. The number of hydrogen-bond donors (Lipinski definition) is 0. The van der Waals surface area contributed by atoms with Crippen molar-refractivity contribution >= 4 is 60.4 Å². The Hall–Kier alpha value is -6.12. The van der Waals surface area contributed by atoms with Gasteiger partial charge in [-0.05, 0) is 105 Å². The van der Waals surface area contributed by atoms with Crippen LogP contribution in [0.5, 0.6) is 0 Å². The van der Waals surface area contributed by atoms with Crippen molar-refractivity contribution in [3.05, 3.63) is 182 Å². The van der Waals surface area contributed by atoms with E-state index in [0.29, 0.717) is 0 Å². The minimum absolute atomic E-state index is 1.13. The van der Waals surface area contributed by atoms with Gasteiger partial charge in [0.05, 0.1) is 11.0 Å². The summed E-state index contributed by atoms with van der Waals surface area (Å²) in [6.45, 7) is 0. The van der Waals surface area contributed by atoms with E-state index in [1.165, 1.54) is 60.2 Å². The number of nitrogens with zero attached hydrogens (tertiary/aromatic N) is 2. The predicted molar refractivity (Wildman–Crippen MR) is 196 cm³/mol. The van der Waals surface area contributed by atoms with Gasteiger partial charge in [0.25, 0.3) is 0 Å².